The minimum Gasteiger partial charge on any atom is -0.487 e. The van der Waals surface area contributed by atoms with E-state index in [-0.39, 0.29) is 5.82 Å². The highest BCUT2D eigenvalue weighted by molar-refractivity contribution is 6.32. The number of hydrogen-bond acceptors (Lipinski definition) is 4. The Morgan fingerprint density at radius 2 is 1.93 bits per heavy atom. The molecule has 28 heavy (non-hydrogen) atoms. The monoisotopic (exact) mass is 399 g/mol. The first kappa shape index (κ1) is 19.4. The molecule has 142 valence electrons. The quantitative estimate of drug-likeness (QED) is 0.543. The molecule has 0 aliphatic heterocycles. The number of pyridine rings is 1. The lowest BCUT2D eigenvalue weighted by Crippen LogP contribution is -1.96. The number of benzene rings is 2. The first-order chi connectivity index (χ1) is 13.5. The van der Waals surface area contributed by atoms with Crippen LogP contribution in [0.5, 0.6) is 17.4 Å². The summed E-state index contributed by atoms with van der Waals surface area (Å²) in [5.74, 6) is -0.0812. The molecule has 0 aliphatic carbocycles. The summed E-state index contributed by atoms with van der Waals surface area (Å²) in [6.45, 7) is 0.291. The average molecular weight is 400 g/mol. The van der Waals surface area contributed by atoms with Crippen molar-refractivity contribution in [3.8, 4) is 17.4 Å². The number of aromatic nitrogens is 1. The summed E-state index contributed by atoms with van der Waals surface area (Å²) in [5, 5.41) is 8.98. The summed E-state index contributed by atoms with van der Waals surface area (Å²) >= 11 is 6.17. The summed E-state index contributed by atoms with van der Waals surface area (Å²) in [6.07, 6.45) is 3.97. The van der Waals surface area contributed by atoms with Crippen molar-refractivity contribution >= 4 is 23.6 Å². The molecule has 3 aromatic rings. The Labute approximate surface area is 165 Å². The molecule has 0 fully saturated rings. The van der Waals surface area contributed by atoms with Crippen LogP contribution in [0, 0.1) is 5.82 Å². The van der Waals surface area contributed by atoms with E-state index in [1.807, 2.05) is 0 Å². The van der Waals surface area contributed by atoms with Gasteiger partial charge in [-0.15, -0.1) is 0 Å². The highest BCUT2D eigenvalue weighted by Crippen LogP contribution is 2.30. The van der Waals surface area contributed by atoms with Gasteiger partial charge in [0.1, 0.15) is 23.9 Å². The summed E-state index contributed by atoms with van der Waals surface area (Å²) in [5.41, 5.74) is 1.47. The molecule has 3 rings (SSSR count). The molecule has 1 N–H and O–H groups in total. The Morgan fingerprint density at radius 1 is 1.14 bits per heavy atom. The van der Waals surface area contributed by atoms with Gasteiger partial charge in [-0.25, -0.2) is 14.2 Å². The number of aliphatic carboxylic acids is 1. The van der Waals surface area contributed by atoms with Crippen LogP contribution in [0.25, 0.3) is 6.08 Å². The topological polar surface area (TPSA) is 68.7 Å². The summed E-state index contributed by atoms with van der Waals surface area (Å²) < 4.78 is 24.1. The van der Waals surface area contributed by atoms with Crippen LogP contribution in [0.2, 0.25) is 5.02 Å². The molecule has 0 unspecified atom stereocenters. The maximum Gasteiger partial charge on any atom is 0.328 e. The molecule has 0 saturated carbocycles. The SMILES string of the molecule is O=C(O)/C=C/c1ccc(Oc2ccc(OCc3ccc(F)cc3)cn2)c(Cl)c1. The zero-order chi connectivity index (χ0) is 19.9. The number of carboxylic acid groups (broad SMARTS) is 1. The van der Waals surface area contributed by atoms with Crippen LogP contribution in [0.15, 0.2) is 66.9 Å². The zero-order valence-electron chi connectivity index (χ0n) is 14.5. The third-order valence-corrected chi connectivity index (χ3v) is 3.91. The summed E-state index contributed by atoms with van der Waals surface area (Å²) in [6, 6.07) is 14.3. The van der Waals surface area contributed by atoms with Crippen molar-refractivity contribution in [3.05, 3.63) is 88.8 Å². The summed E-state index contributed by atoms with van der Waals surface area (Å²) in [7, 11) is 0. The highest BCUT2D eigenvalue weighted by atomic mass is 35.5. The second-order valence-electron chi connectivity index (χ2n) is 5.71. The molecule has 1 heterocycles. The Kier molecular flexibility index (Phi) is 6.24. The van der Waals surface area contributed by atoms with Gasteiger partial charge in [-0.05, 0) is 47.5 Å². The third kappa shape index (κ3) is 5.56. The molecule has 7 heteroatoms. The molecule has 0 saturated heterocycles. The maximum absolute atomic E-state index is 12.9. The van der Waals surface area contributed by atoms with Crippen LogP contribution in [0.1, 0.15) is 11.1 Å². The van der Waals surface area contributed by atoms with Crippen LogP contribution in [0.4, 0.5) is 4.39 Å². The Morgan fingerprint density at radius 3 is 2.57 bits per heavy atom. The summed E-state index contributed by atoms with van der Waals surface area (Å²) in [4.78, 5) is 14.7. The van der Waals surface area contributed by atoms with Gasteiger partial charge in [0.15, 0.2) is 0 Å². The minimum atomic E-state index is -1.04. The smallest absolute Gasteiger partial charge is 0.328 e. The molecule has 0 radical (unpaired) electrons. The van der Waals surface area contributed by atoms with Gasteiger partial charge in [0.2, 0.25) is 5.88 Å². The van der Waals surface area contributed by atoms with Gasteiger partial charge in [0.05, 0.1) is 11.2 Å². The van der Waals surface area contributed by atoms with E-state index in [1.165, 1.54) is 24.4 Å². The van der Waals surface area contributed by atoms with E-state index in [1.54, 1.807) is 42.5 Å². The minimum absolute atomic E-state index is 0.291. The number of rotatable bonds is 7. The number of hydrogen-bond donors (Lipinski definition) is 1. The van der Waals surface area contributed by atoms with Crippen LogP contribution in [-0.2, 0) is 11.4 Å². The molecule has 0 aliphatic rings. The van der Waals surface area contributed by atoms with Gasteiger partial charge in [0.25, 0.3) is 0 Å². The molecule has 2 aromatic carbocycles. The fraction of sp³-hybridized carbons (Fsp3) is 0.0476. The fourth-order valence-corrected chi connectivity index (χ4v) is 2.47. The van der Waals surface area contributed by atoms with Crippen LogP contribution in [0.3, 0.4) is 0 Å². The van der Waals surface area contributed by atoms with Crippen LogP contribution < -0.4 is 9.47 Å². The van der Waals surface area contributed by atoms with Crippen molar-refractivity contribution in [1.29, 1.82) is 0 Å². The van der Waals surface area contributed by atoms with E-state index >= 15 is 0 Å². The predicted octanol–water partition coefficient (Wildman–Crippen LogP) is 5.34. The number of carbonyl (C=O) groups is 1. The van der Waals surface area contributed by atoms with E-state index in [2.05, 4.69) is 4.98 Å². The van der Waals surface area contributed by atoms with Gasteiger partial charge in [-0.1, -0.05) is 29.8 Å². The van der Waals surface area contributed by atoms with Crippen molar-refractivity contribution < 1.29 is 23.8 Å². The second-order valence-corrected chi connectivity index (χ2v) is 6.12. The average Bonchev–Trinajstić information content (AvgIpc) is 2.69. The number of halogens is 2. The molecule has 0 amide bonds. The van der Waals surface area contributed by atoms with Gasteiger partial charge < -0.3 is 14.6 Å². The fourth-order valence-electron chi connectivity index (χ4n) is 2.24. The van der Waals surface area contributed by atoms with Crippen molar-refractivity contribution in [1.82, 2.24) is 4.98 Å². The lowest BCUT2D eigenvalue weighted by atomic mass is 10.2. The Hall–Kier alpha value is -3.38. The number of carboxylic acids is 1. The Balaban J connectivity index is 1.60. The largest absolute Gasteiger partial charge is 0.487 e. The van der Waals surface area contributed by atoms with E-state index < -0.39 is 5.97 Å². The predicted molar refractivity (Wildman–Crippen MR) is 103 cm³/mol. The van der Waals surface area contributed by atoms with Gasteiger partial charge >= 0.3 is 5.97 Å². The molecular weight excluding hydrogens is 385 g/mol. The van der Waals surface area contributed by atoms with Crippen molar-refractivity contribution in [2.45, 2.75) is 6.61 Å². The van der Waals surface area contributed by atoms with Gasteiger partial charge in [-0.2, -0.15) is 0 Å². The van der Waals surface area contributed by atoms with Gasteiger partial charge in [0, 0.05) is 12.1 Å². The molecule has 0 atom stereocenters. The lowest BCUT2D eigenvalue weighted by molar-refractivity contribution is -0.131. The third-order valence-electron chi connectivity index (χ3n) is 3.62. The second kappa shape index (κ2) is 9.01. The molecule has 0 spiro atoms. The molecule has 1 aromatic heterocycles. The first-order valence-electron chi connectivity index (χ1n) is 8.21. The van der Waals surface area contributed by atoms with Crippen LogP contribution >= 0.6 is 11.6 Å². The maximum atomic E-state index is 12.9. The number of ether oxygens (including phenoxy) is 2. The zero-order valence-corrected chi connectivity index (χ0v) is 15.3. The van der Waals surface area contributed by atoms with Crippen molar-refractivity contribution in [2.75, 3.05) is 0 Å². The van der Waals surface area contributed by atoms with E-state index in [9.17, 15) is 9.18 Å². The lowest BCUT2D eigenvalue weighted by Gasteiger charge is -2.09. The van der Waals surface area contributed by atoms with Crippen molar-refractivity contribution in [2.24, 2.45) is 0 Å². The Bertz CT molecular complexity index is 988. The van der Waals surface area contributed by atoms with E-state index in [0.717, 1.165) is 11.6 Å². The van der Waals surface area contributed by atoms with E-state index in [0.29, 0.717) is 34.6 Å². The molecule has 5 nitrogen and oxygen atoms in total. The normalized spacial score (nSPS) is 10.8. The molecular formula is C21H15ClFNO4. The van der Waals surface area contributed by atoms with Crippen molar-refractivity contribution in [3.63, 3.8) is 0 Å². The van der Waals surface area contributed by atoms with E-state index in [4.69, 9.17) is 26.2 Å². The first-order valence-corrected chi connectivity index (χ1v) is 8.59. The standard InChI is InChI=1S/C21H15ClFNO4/c22-18-11-14(4-10-21(25)26)3-8-19(18)28-20-9-7-17(12-24-20)27-13-15-1-5-16(23)6-2-15/h1-12H,13H2,(H,25,26)/b10-4+. The van der Waals surface area contributed by atoms with Gasteiger partial charge in [-0.3, -0.25) is 0 Å². The number of nitrogens with zero attached hydrogens (tertiary/aromatic N) is 1. The van der Waals surface area contributed by atoms with Crippen LogP contribution in [-0.4, -0.2) is 16.1 Å². The highest BCUT2D eigenvalue weighted by Gasteiger charge is 2.06. The molecule has 0 bridgehead atoms.